The zero-order valence-electron chi connectivity index (χ0n) is 12.1. The third-order valence-electron chi connectivity index (χ3n) is 6.07. The number of piperidine rings is 1. The molecule has 114 valence electrons. The fourth-order valence-electron chi connectivity index (χ4n) is 5.08. The number of rotatable bonds is 2. The van der Waals surface area contributed by atoms with E-state index in [2.05, 4.69) is 0 Å². The highest BCUT2D eigenvalue weighted by Crippen LogP contribution is 2.59. The van der Waals surface area contributed by atoms with E-state index in [1.807, 2.05) is 0 Å². The highest BCUT2D eigenvalue weighted by atomic mass is 16.6. The molecule has 0 aromatic carbocycles. The van der Waals surface area contributed by atoms with Gasteiger partial charge in [-0.25, -0.2) is 4.79 Å². The fourth-order valence-corrected chi connectivity index (χ4v) is 5.08. The summed E-state index contributed by atoms with van der Waals surface area (Å²) in [5.74, 6) is 0.209. The monoisotopic (exact) mass is 291 g/mol. The van der Waals surface area contributed by atoms with E-state index in [1.165, 1.54) is 6.42 Å². The van der Waals surface area contributed by atoms with Gasteiger partial charge in [0.05, 0.1) is 6.61 Å². The normalized spacial score (nSPS) is 41.0. The summed E-state index contributed by atoms with van der Waals surface area (Å²) in [6.07, 6.45) is 4.82. The predicted octanol–water partition coefficient (Wildman–Crippen LogP) is 1.65. The maximum absolute atomic E-state index is 12.1. The molecule has 0 N–H and O–H groups in total. The van der Waals surface area contributed by atoms with Gasteiger partial charge in [0.25, 0.3) is 0 Å². The maximum Gasteiger partial charge on any atom is 0.409 e. The molecule has 1 aliphatic heterocycles. The highest BCUT2D eigenvalue weighted by Gasteiger charge is 2.64. The van der Waals surface area contributed by atoms with Crippen LogP contribution in [0.15, 0.2) is 0 Å². The van der Waals surface area contributed by atoms with Crippen molar-refractivity contribution in [1.29, 1.82) is 0 Å². The maximum atomic E-state index is 12.1. The van der Waals surface area contributed by atoms with Gasteiger partial charge in [0.15, 0.2) is 0 Å². The summed E-state index contributed by atoms with van der Waals surface area (Å²) in [7, 11) is 0. The van der Waals surface area contributed by atoms with Crippen molar-refractivity contribution in [3.8, 4) is 0 Å². The van der Waals surface area contributed by atoms with E-state index in [9.17, 15) is 14.4 Å². The van der Waals surface area contributed by atoms with Crippen molar-refractivity contribution in [2.75, 3.05) is 19.7 Å². The smallest absolute Gasteiger partial charge is 0.409 e. The number of fused-ring (bicyclic) bond motifs is 1. The highest BCUT2D eigenvalue weighted by molar-refractivity contribution is 6.41. The molecule has 5 atom stereocenters. The molecule has 0 radical (unpaired) electrons. The molecule has 0 spiro atoms. The van der Waals surface area contributed by atoms with Gasteiger partial charge in [-0.3, -0.25) is 9.59 Å². The van der Waals surface area contributed by atoms with Gasteiger partial charge in [-0.05, 0) is 43.9 Å². The molecule has 3 aliphatic carbocycles. The van der Waals surface area contributed by atoms with Gasteiger partial charge >= 0.3 is 6.09 Å². The molecule has 3 saturated carbocycles. The molecule has 5 nitrogen and oxygen atoms in total. The van der Waals surface area contributed by atoms with Crippen LogP contribution in [0.25, 0.3) is 0 Å². The summed E-state index contributed by atoms with van der Waals surface area (Å²) < 4.78 is 5.48. The second kappa shape index (κ2) is 4.82. The largest absolute Gasteiger partial charge is 0.449 e. The van der Waals surface area contributed by atoms with Crippen LogP contribution in [0.1, 0.15) is 32.1 Å². The lowest BCUT2D eigenvalue weighted by molar-refractivity contribution is -0.137. The molecule has 0 aromatic rings. The van der Waals surface area contributed by atoms with E-state index in [1.54, 1.807) is 4.90 Å². The van der Waals surface area contributed by atoms with Gasteiger partial charge in [-0.15, -0.1) is 0 Å². The number of ether oxygens (including phenoxy) is 1. The number of ketones is 2. The van der Waals surface area contributed by atoms with Crippen molar-refractivity contribution < 1.29 is 19.1 Å². The Morgan fingerprint density at radius 3 is 2.62 bits per heavy atom. The molecule has 4 aliphatic rings. The van der Waals surface area contributed by atoms with Crippen LogP contribution in [0, 0.1) is 29.6 Å². The average molecular weight is 291 g/mol. The summed E-state index contributed by atoms with van der Waals surface area (Å²) in [5, 5.41) is 0. The molecule has 21 heavy (non-hydrogen) atoms. The van der Waals surface area contributed by atoms with E-state index in [0.717, 1.165) is 38.8 Å². The predicted molar refractivity (Wildman–Crippen MR) is 73.5 cm³/mol. The van der Waals surface area contributed by atoms with Crippen molar-refractivity contribution in [2.24, 2.45) is 29.6 Å². The average Bonchev–Trinajstić information content (AvgIpc) is 3.13. The topological polar surface area (TPSA) is 63.7 Å². The third kappa shape index (κ3) is 1.93. The Bertz CT molecular complexity index is 497. The van der Waals surface area contributed by atoms with Crippen molar-refractivity contribution in [2.45, 2.75) is 32.1 Å². The quantitative estimate of drug-likeness (QED) is 0.726. The zero-order valence-corrected chi connectivity index (χ0v) is 12.1. The summed E-state index contributed by atoms with van der Waals surface area (Å²) in [5.41, 5.74) is 0. The molecule has 1 heterocycles. The second-order valence-electron chi connectivity index (χ2n) is 7.04. The van der Waals surface area contributed by atoms with E-state index in [0.29, 0.717) is 12.5 Å². The Kier molecular flexibility index (Phi) is 3.05. The van der Waals surface area contributed by atoms with E-state index in [-0.39, 0.29) is 41.3 Å². The van der Waals surface area contributed by atoms with Gasteiger partial charge in [0.1, 0.15) is 0 Å². The van der Waals surface area contributed by atoms with Crippen LogP contribution in [0.2, 0.25) is 0 Å². The minimum atomic E-state index is -0.245. The first-order valence-electron chi connectivity index (χ1n) is 8.16. The summed E-state index contributed by atoms with van der Waals surface area (Å²) in [4.78, 5) is 37.8. The molecule has 2 bridgehead atoms. The number of hydrogen-bond acceptors (Lipinski definition) is 4. The molecule has 5 unspecified atom stereocenters. The van der Waals surface area contributed by atoms with Crippen LogP contribution in [0.4, 0.5) is 4.79 Å². The molecule has 4 fully saturated rings. The lowest BCUT2D eigenvalue weighted by Gasteiger charge is -2.29. The van der Waals surface area contributed by atoms with Crippen LogP contribution in [-0.4, -0.2) is 42.3 Å². The van der Waals surface area contributed by atoms with Gasteiger partial charge in [-0.1, -0.05) is 0 Å². The molecule has 1 amide bonds. The number of likely N-dealkylation sites (tertiary alicyclic amines) is 1. The third-order valence-corrected chi connectivity index (χ3v) is 6.07. The van der Waals surface area contributed by atoms with Gasteiger partial charge in [0, 0.05) is 30.8 Å². The first kappa shape index (κ1) is 13.3. The molecule has 0 aromatic heterocycles. The minimum absolute atomic E-state index is 0.0125. The van der Waals surface area contributed by atoms with Gasteiger partial charge in [0.2, 0.25) is 11.6 Å². The van der Waals surface area contributed by atoms with Crippen molar-refractivity contribution in [1.82, 2.24) is 4.90 Å². The number of hydrogen-bond donors (Lipinski definition) is 0. The SMILES string of the molecule is O=C1C(=O)C2C(COC(=O)N3CCCCC3)C3CC1C2C3. The molecular formula is C16H21NO4. The van der Waals surface area contributed by atoms with Crippen LogP contribution >= 0.6 is 0 Å². The summed E-state index contributed by atoms with van der Waals surface area (Å²) in [6.45, 7) is 1.86. The van der Waals surface area contributed by atoms with Crippen LogP contribution in [-0.2, 0) is 14.3 Å². The second-order valence-corrected chi connectivity index (χ2v) is 7.04. The lowest BCUT2D eigenvalue weighted by atomic mass is 9.80. The first-order valence-corrected chi connectivity index (χ1v) is 8.16. The van der Waals surface area contributed by atoms with E-state index >= 15 is 0 Å². The zero-order chi connectivity index (χ0) is 14.6. The van der Waals surface area contributed by atoms with E-state index in [4.69, 9.17) is 4.74 Å². The van der Waals surface area contributed by atoms with Crippen molar-refractivity contribution in [3.63, 3.8) is 0 Å². The van der Waals surface area contributed by atoms with Crippen LogP contribution in [0.3, 0.4) is 0 Å². The number of carbonyl (C=O) groups is 3. The van der Waals surface area contributed by atoms with Crippen LogP contribution < -0.4 is 0 Å². The Morgan fingerprint density at radius 1 is 1.10 bits per heavy atom. The van der Waals surface area contributed by atoms with Crippen molar-refractivity contribution in [3.05, 3.63) is 0 Å². The summed E-state index contributed by atoms with van der Waals surface area (Å²) >= 11 is 0. The minimum Gasteiger partial charge on any atom is -0.449 e. The summed E-state index contributed by atoms with van der Waals surface area (Å²) in [6, 6.07) is 0. The number of carbonyl (C=O) groups excluding carboxylic acids is 3. The lowest BCUT2D eigenvalue weighted by Crippen LogP contribution is -2.38. The Morgan fingerprint density at radius 2 is 1.86 bits per heavy atom. The molecular weight excluding hydrogens is 270 g/mol. The first-order chi connectivity index (χ1) is 10.2. The molecule has 1 saturated heterocycles. The standard InChI is InChI=1S/C16H21NO4/c18-14-11-7-9-6-10(11)13(15(14)19)12(9)8-21-16(20)17-4-2-1-3-5-17/h9-13H,1-8H2. The Balaban J connectivity index is 1.39. The van der Waals surface area contributed by atoms with Crippen LogP contribution in [0.5, 0.6) is 0 Å². The molecule has 5 heteroatoms. The van der Waals surface area contributed by atoms with Crippen molar-refractivity contribution >= 4 is 17.7 Å². The number of amides is 1. The Hall–Kier alpha value is -1.39. The van der Waals surface area contributed by atoms with Gasteiger partial charge < -0.3 is 9.64 Å². The van der Waals surface area contributed by atoms with Gasteiger partial charge in [-0.2, -0.15) is 0 Å². The van der Waals surface area contributed by atoms with E-state index < -0.39 is 0 Å². The Labute approximate surface area is 124 Å². The number of Topliss-reactive ketones (excluding diaryl/α,β-unsaturated/α-hetero) is 2. The molecule has 4 rings (SSSR count). The number of nitrogens with zero attached hydrogens (tertiary/aromatic N) is 1. The fraction of sp³-hybridized carbons (Fsp3) is 0.812.